The Morgan fingerprint density at radius 2 is 1.92 bits per heavy atom. The number of methoxy groups -OCH3 is 1. The van der Waals surface area contributed by atoms with Gasteiger partial charge in [0, 0.05) is 23.1 Å². The fraction of sp³-hybridized carbons (Fsp3) is 0.172. The highest BCUT2D eigenvalue weighted by molar-refractivity contribution is 5.96. The third kappa shape index (κ3) is 6.61. The summed E-state index contributed by atoms with van der Waals surface area (Å²) < 4.78 is 22.7. The molecule has 0 aliphatic heterocycles. The van der Waals surface area contributed by atoms with E-state index < -0.39 is 10.8 Å². The third-order valence-corrected chi connectivity index (χ3v) is 5.67. The van der Waals surface area contributed by atoms with Crippen molar-refractivity contribution in [1.29, 1.82) is 0 Å². The van der Waals surface area contributed by atoms with Gasteiger partial charge < -0.3 is 18.6 Å². The van der Waals surface area contributed by atoms with Crippen LogP contribution in [0.1, 0.15) is 34.2 Å². The van der Waals surface area contributed by atoms with Crippen LogP contribution in [0.4, 0.5) is 5.69 Å². The van der Waals surface area contributed by atoms with Crippen molar-refractivity contribution >= 4 is 28.8 Å². The van der Waals surface area contributed by atoms with Crippen LogP contribution in [0.2, 0.25) is 0 Å². The van der Waals surface area contributed by atoms with Crippen molar-refractivity contribution < 1.29 is 28.3 Å². The molecule has 200 valence electrons. The van der Waals surface area contributed by atoms with Gasteiger partial charge in [0.1, 0.15) is 17.9 Å². The van der Waals surface area contributed by atoms with Crippen LogP contribution in [0, 0.1) is 10.1 Å². The quantitative estimate of drug-likeness (QED) is 0.106. The van der Waals surface area contributed by atoms with E-state index in [1.54, 1.807) is 48.5 Å². The molecule has 0 saturated heterocycles. The fourth-order valence-corrected chi connectivity index (χ4v) is 3.86. The van der Waals surface area contributed by atoms with Crippen molar-refractivity contribution in [3.63, 3.8) is 0 Å². The topological polar surface area (TPSA) is 125 Å². The predicted octanol–water partition coefficient (Wildman–Crippen LogP) is 5.82. The van der Waals surface area contributed by atoms with Crippen molar-refractivity contribution in [2.75, 3.05) is 13.7 Å². The summed E-state index contributed by atoms with van der Waals surface area (Å²) in [5.74, 6) is 1.30. The van der Waals surface area contributed by atoms with Gasteiger partial charge in [-0.2, -0.15) is 5.10 Å². The van der Waals surface area contributed by atoms with Crippen molar-refractivity contribution in [2.24, 2.45) is 5.10 Å². The summed E-state index contributed by atoms with van der Waals surface area (Å²) >= 11 is 0. The van der Waals surface area contributed by atoms with E-state index in [0.29, 0.717) is 41.4 Å². The van der Waals surface area contributed by atoms with Gasteiger partial charge in [0.25, 0.3) is 5.69 Å². The average Bonchev–Trinajstić information content (AvgIpc) is 3.36. The maximum absolute atomic E-state index is 12.6. The number of nitrogens with zero attached hydrogens (tertiary/aromatic N) is 2. The summed E-state index contributed by atoms with van der Waals surface area (Å²) in [6.45, 7) is 6.43. The minimum atomic E-state index is -0.498. The molecule has 1 aromatic heterocycles. The molecule has 4 rings (SSSR count). The lowest BCUT2D eigenvalue weighted by molar-refractivity contribution is -0.384. The van der Waals surface area contributed by atoms with E-state index in [0.717, 1.165) is 16.5 Å². The number of fused-ring (bicyclic) bond motifs is 1. The third-order valence-electron chi connectivity index (χ3n) is 5.67. The molecule has 0 unspecified atom stereocenters. The number of hydrogen-bond donors (Lipinski definition) is 1. The molecule has 0 bridgehead atoms. The lowest BCUT2D eigenvalue weighted by Gasteiger charge is -2.16. The Kier molecular flexibility index (Phi) is 8.57. The highest BCUT2D eigenvalue weighted by atomic mass is 16.6. The van der Waals surface area contributed by atoms with Gasteiger partial charge >= 0.3 is 5.91 Å². The van der Waals surface area contributed by atoms with Crippen LogP contribution in [-0.2, 0) is 13.0 Å². The molecule has 1 N–H and O–H groups in total. The lowest BCUT2D eigenvalue weighted by atomic mass is 10.1. The first-order chi connectivity index (χ1) is 18.9. The number of rotatable bonds is 12. The van der Waals surface area contributed by atoms with Gasteiger partial charge in [0.2, 0.25) is 0 Å². The monoisotopic (exact) mass is 529 g/mol. The Hall–Kier alpha value is -5.12. The van der Waals surface area contributed by atoms with E-state index in [4.69, 9.17) is 18.6 Å². The van der Waals surface area contributed by atoms with Gasteiger partial charge in [-0.1, -0.05) is 6.08 Å². The number of hydrogen-bond acceptors (Lipinski definition) is 8. The van der Waals surface area contributed by atoms with E-state index >= 15 is 0 Å². The largest absolute Gasteiger partial charge is 0.494 e. The van der Waals surface area contributed by atoms with E-state index in [1.165, 1.54) is 25.5 Å². The number of amides is 1. The molecule has 0 aliphatic rings. The second-order valence-corrected chi connectivity index (χ2v) is 8.36. The Labute approximate surface area is 224 Å². The van der Waals surface area contributed by atoms with E-state index in [2.05, 4.69) is 17.1 Å². The second-order valence-electron chi connectivity index (χ2n) is 8.36. The summed E-state index contributed by atoms with van der Waals surface area (Å²) in [4.78, 5) is 23.0. The molecule has 10 heteroatoms. The van der Waals surface area contributed by atoms with Gasteiger partial charge in [0.15, 0.2) is 17.3 Å². The molecule has 10 nitrogen and oxygen atoms in total. The molecule has 1 heterocycles. The number of furan rings is 1. The van der Waals surface area contributed by atoms with Crippen molar-refractivity contribution in [1.82, 2.24) is 5.43 Å². The molecule has 0 spiro atoms. The van der Waals surface area contributed by atoms with Crippen LogP contribution in [0.5, 0.6) is 17.2 Å². The van der Waals surface area contributed by atoms with E-state index in [-0.39, 0.29) is 18.1 Å². The Bertz CT molecular complexity index is 1520. The molecule has 0 saturated carbocycles. The standard InChI is InChI=1S/C29H27N3O7/c1-4-6-21-13-20(14-26(36-3)28(21)38-18-19-7-9-23(10-8-19)32(34)35)17-30-31-29(33)27-16-22-15-24(37-5-2)11-12-25(22)39-27/h4,7-17H,1,5-6,18H2,2-3H3,(H,31,33)/b30-17+. The SMILES string of the molecule is C=CCc1cc(/C=N/NC(=O)c2cc3cc(OCC)ccc3o2)cc(OC)c1OCc1ccc([N+](=O)[O-])cc1. The zero-order valence-corrected chi connectivity index (χ0v) is 21.5. The van der Waals surface area contributed by atoms with Crippen molar-refractivity contribution in [3.05, 3.63) is 106 Å². The summed E-state index contributed by atoms with van der Waals surface area (Å²) in [6, 6.07) is 16.7. The van der Waals surface area contributed by atoms with Crippen LogP contribution in [-0.4, -0.2) is 30.8 Å². The summed E-state index contributed by atoms with van der Waals surface area (Å²) in [5, 5.41) is 15.7. The number of ether oxygens (including phenoxy) is 3. The number of allylic oxidation sites excluding steroid dienone is 1. The van der Waals surface area contributed by atoms with E-state index in [1.807, 2.05) is 13.0 Å². The number of nitro benzene ring substituents is 1. The van der Waals surface area contributed by atoms with Gasteiger partial charge in [-0.25, -0.2) is 5.43 Å². The highest BCUT2D eigenvalue weighted by Crippen LogP contribution is 2.34. The van der Waals surface area contributed by atoms with Crippen LogP contribution in [0.25, 0.3) is 11.0 Å². The summed E-state index contributed by atoms with van der Waals surface area (Å²) in [7, 11) is 1.52. The molecular formula is C29H27N3O7. The predicted molar refractivity (Wildman–Crippen MR) is 147 cm³/mol. The smallest absolute Gasteiger partial charge is 0.307 e. The number of hydrazone groups is 1. The molecule has 0 fully saturated rings. The number of benzene rings is 3. The number of nitro groups is 1. The fourth-order valence-electron chi connectivity index (χ4n) is 3.86. The van der Waals surface area contributed by atoms with Gasteiger partial charge in [-0.05, 0) is 73.0 Å². The zero-order chi connectivity index (χ0) is 27.8. The normalized spacial score (nSPS) is 10.9. The van der Waals surface area contributed by atoms with Crippen LogP contribution in [0.15, 0.2) is 82.8 Å². The van der Waals surface area contributed by atoms with E-state index in [9.17, 15) is 14.9 Å². The Morgan fingerprint density at radius 3 is 2.62 bits per heavy atom. The minimum absolute atomic E-state index is 0.00967. The molecule has 0 atom stereocenters. The number of carbonyl (C=O) groups excluding carboxylic acids is 1. The minimum Gasteiger partial charge on any atom is -0.494 e. The first kappa shape index (κ1) is 26.9. The van der Waals surface area contributed by atoms with Crippen LogP contribution in [0.3, 0.4) is 0 Å². The first-order valence-corrected chi connectivity index (χ1v) is 12.1. The Balaban J connectivity index is 1.47. The maximum atomic E-state index is 12.6. The number of carbonyl (C=O) groups is 1. The molecule has 3 aromatic carbocycles. The Morgan fingerprint density at radius 1 is 1.13 bits per heavy atom. The first-order valence-electron chi connectivity index (χ1n) is 12.1. The van der Waals surface area contributed by atoms with Gasteiger partial charge in [0.05, 0.1) is 24.9 Å². The zero-order valence-electron chi connectivity index (χ0n) is 21.5. The second kappa shape index (κ2) is 12.4. The average molecular weight is 530 g/mol. The molecule has 0 radical (unpaired) electrons. The number of non-ortho nitro benzene ring substituents is 1. The number of nitrogens with one attached hydrogen (secondary N) is 1. The van der Waals surface area contributed by atoms with Gasteiger partial charge in [-0.3, -0.25) is 14.9 Å². The highest BCUT2D eigenvalue weighted by Gasteiger charge is 2.15. The molecule has 4 aromatic rings. The maximum Gasteiger partial charge on any atom is 0.307 e. The van der Waals surface area contributed by atoms with Crippen LogP contribution < -0.4 is 19.6 Å². The van der Waals surface area contributed by atoms with Crippen LogP contribution >= 0.6 is 0 Å². The molecule has 1 amide bonds. The summed E-state index contributed by atoms with van der Waals surface area (Å²) in [5.41, 5.74) is 5.27. The molecule has 39 heavy (non-hydrogen) atoms. The van der Waals surface area contributed by atoms with Gasteiger partial charge in [-0.15, -0.1) is 6.58 Å². The lowest BCUT2D eigenvalue weighted by Crippen LogP contribution is -2.16. The summed E-state index contributed by atoms with van der Waals surface area (Å²) in [6.07, 6.45) is 3.71. The van der Waals surface area contributed by atoms with Crippen molar-refractivity contribution in [2.45, 2.75) is 20.0 Å². The molecule has 0 aliphatic carbocycles. The molecular weight excluding hydrogens is 502 g/mol. The van der Waals surface area contributed by atoms with Crippen molar-refractivity contribution in [3.8, 4) is 17.2 Å².